The highest BCUT2D eigenvalue weighted by Gasteiger charge is 2.31. The van der Waals surface area contributed by atoms with E-state index in [2.05, 4.69) is 5.32 Å². The minimum absolute atomic E-state index is 0.0739. The van der Waals surface area contributed by atoms with Crippen molar-refractivity contribution in [1.82, 2.24) is 5.32 Å². The summed E-state index contributed by atoms with van der Waals surface area (Å²) < 4.78 is 72.5. The largest absolute Gasteiger partial charge is 0.488 e. The van der Waals surface area contributed by atoms with E-state index in [0.29, 0.717) is 22.1 Å². The van der Waals surface area contributed by atoms with E-state index >= 15 is 0 Å². The fourth-order valence-corrected chi connectivity index (χ4v) is 5.40. The van der Waals surface area contributed by atoms with Crippen molar-refractivity contribution < 1.29 is 40.8 Å². The molecule has 1 aromatic heterocycles. The van der Waals surface area contributed by atoms with E-state index < -0.39 is 47.2 Å². The molecule has 4 aromatic rings. The Labute approximate surface area is 229 Å². The Morgan fingerprint density at radius 2 is 1.82 bits per heavy atom. The van der Waals surface area contributed by atoms with Crippen LogP contribution in [0.15, 0.2) is 59.0 Å². The maximum atomic E-state index is 13.7. The average molecular weight is 572 g/mol. The number of halogens is 3. The van der Waals surface area contributed by atoms with E-state index in [1.54, 1.807) is 12.1 Å². The number of nitrogens with one attached hydrogen (secondary N) is 1. The molecule has 1 amide bonds. The molecule has 0 atom stereocenters. The third-order valence-corrected chi connectivity index (χ3v) is 7.69. The van der Waals surface area contributed by atoms with Crippen molar-refractivity contribution >= 4 is 46.0 Å². The molecule has 0 bridgehead atoms. The molecule has 13 heteroatoms. The molecule has 1 heterocycles. The van der Waals surface area contributed by atoms with Crippen molar-refractivity contribution in [3.8, 4) is 11.3 Å². The molecule has 3 N–H and O–H groups in total. The summed E-state index contributed by atoms with van der Waals surface area (Å²) in [5.74, 6) is -0.540. The summed E-state index contributed by atoms with van der Waals surface area (Å²) in [6.07, 6.45) is -1.38. The standard InChI is InChI=1S/C27H24BF3N2O6S/c1-32-27(34)24-21-12-19(14-2-3-14)16(10-23(21)39-25(24)15-4-6-17(29)7-5-15)13-33(40(37)38)18-8-9-22(28(35)36)20(11-18)26(30)31/h4-12,14,26,35-36,40H,2-3,13H2,1H3,(H,32,34). The van der Waals surface area contributed by atoms with Crippen LogP contribution in [0.4, 0.5) is 18.9 Å². The Balaban J connectivity index is 1.64. The lowest BCUT2D eigenvalue weighted by Gasteiger charge is -2.21. The highest BCUT2D eigenvalue weighted by Crippen LogP contribution is 2.45. The van der Waals surface area contributed by atoms with Crippen LogP contribution in [0.3, 0.4) is 0 Å². The van der Waals surface area contributed by atoms with Gasteiger partial charge in [0.25, 0.3) is 12.3 Å². The van der Waals surface area contributed by atoms with Gasteiger partial charge in [0.2, 0.25) is 10.9 Å². The number of thiol groups is 1. The SMILES string of the molecule is CNC(=O)c1c(-c2ccc(F)cc2)oc2cc(CN(c3ccc(B(O)O)c(C(F)F)c3)[SH](=O)=O)c(C3CC3)cc12. The maximum absolute atomic E-state index is 13.7. The van der Waals surface area contributed by atoms with Crippen molar-refractivity contribution in [2.24, 2.45) is 0 Å². The topological polar surface area (TPSA) is 120 Å². The number of nitrogens with zero attached hydrogens (tertiary/aromatic N) is 1. The Hall–Kier alpha value is -3.81. The first-order chi connectivity index (χ1) is 19.1. The summed E-state index contributed by atoms with van der Waals surface area (Å²) in [7, 11) is -3.97. The highest BCUT2D eigenvalue weighted by molar-refractivity contribution is 7.74. The number of carbonyl (C=O) groups excluding carboxylic acids is 1. The fourth-order valence-electron chi connectivity index (χ4n) is 4.82. The lowest BCUT2D eigenvalue weighted by atomic mass is 9.77. The number of hydrogen-bond donors (Lipinski definition) is 4. The van der Waals surface area contributed by atoms with Gasteiger partial charge in [0, 0.05) is 23.6 Å². The summed E-state index contributed by atoms with van der Waals surface area (Å²) in [5.41, 5.74) is 1.18. The minimum atomic E-state index is -3.29. The predicted molar refractivity (Wildman–Crippen MR) is 145 cm³/mol. The molecule has 5 rings (SSSR count). The lowest BCUT2D eigenvalue weighted by Crippen LogP contribution is -2.34. The van der Waals surface area contributed by atoms with E-state index in [0.717, 1.165) is 34.8 Å². The van der Waals surface area contributed by atoms with Gasteiger partial charge in [-0.05, 0) is 83.9 Å². The summed E-state index contributed by atoms with van der Waals surface area (Å²) in [6, 6.07) is 12.1. The van der Waals surface area contributed by atoms with Crippen LogP contribution in [0.25, 0.3) is 22.3 Å². The molecule has 1 saturated carbocycles. The molecule has 0 spiro atoms. The van der Waals surface area contributed by atoms with Crippen LogP contribution in [0.2, 0.25) is 0 Å². The third-order valence-electron chi connectivity index (χ3n) is 6.93. The first-order valence-corrected chi connectivity index (χ1v) is 13.5. The molecule has 40 heavy (non-hydrogen) atoms. The number of rotatable bonds is 9. The van der Waals surface area contributed by atoms with Gasteiger partial charge in [-0.1, -0.05) is 6.07 Å². The van der Waals surface area contributed by atoms with E-state index in [1.165, 1.54) is 37.4 Å². The Kier molecular flexibility index (Phi) is 7.62. The second-order valence-electron chi connectivity index (χ2n) is 9.50. The summed E-state index contributed by atoms with van der Waals surface area (Å²) in [5, 5.41) is 22.0. The zero-order valence-electron chi connectivity index (χ0n) is 21.1. The molecule has 0 unspecified atom stereocenters. The molecule has 1 aliphatic rings. The monoisotopic (exact) mass is 572 g/mol. The molecule has 3 aromatic carbocycles. The van der Waals surface area contributed by atoms with Crippen LogP contribution in [-0.2, 0) is 17.4 Å². The number of benzene rings is 3. The number of carbonyl (C=O) groups is 1. The number of anilines is 1. The number of fused-ring (bicyclic) bond motifs is 1. The summed E-state index contributed by atoms with van der Waals surface area (Å²) in [6.45, 7) is -0.216. The van der Waals surface area contributed by atoms with Gasteiger partial charge in [-0.2, -0.15) is 0 Å². The van der Waals surface area contributed by atoms with Crippen molar-refractivity contribution in [1.29, 1.82) is 0 Å². The smallest absolute Gasteiger partial charge is 0.455 e. The van der Waals surface area contributed by atoms with Crippen LogP contribution in [-0.4, -0.2) is 38.5 Å². The van der Waals surface area contributed by atoms with Gasteiger partial charge in [-0.25, -0.2) is 21.6 Å². The van der Waals surface area contributed by atoms with Gasteiger partial charge in [-0.3, -0.25) is 9.10 Å². The van der Waals surface area contributed by atoms with Crippen LogP contribution in [0, 0.1) is 5.82 Å². The van der Waals surface area contributed by atoms with Gasteiger partial charge in [0.15, 0.2) is 0 Å². The maximum Gasteiger partial charge on any atom is 0.488 e. The Morgan fingerprint density at radius 3 is 2.40 bits per heavy atom. The van der Waals surface area contributed by atoms with Crippen molar-refractivity contribution in [2.45, 2.75) is 31.7 Å². The van der Waals surface area contributed by atoms with Crippen molar-refractivity contribution in [3.63, 3.8) is 0 Å². The van der Waals surface area contributed by atoms with Crippen molar-refractivity contribution in [2.75, 3.05) is 11.4 Å². The van der Waals surface area contributed by atoms with E-state index in [1.807, 2.05) is 0 Å². The lowest BCUT2D eigenvalue weighted by molar-refractivity contribution is 0.0964. The number of furan rings is 1. The molecular weight excluding hydrogens is 548 g/mol. The molecule has 1 aliphatic carbocycles. The first-order valence-electron chi connectivity index (χ1n) is 12.4. The highest BCUT2D eigenvalue weighted by atomic mass is 32.2. The second-order valence-corrected chi connectivity index (χ2v) is 10.5. The third kappa shape index (κ3) is 5.32. The summed E-state index contributed by atoms with van der Waals surface area (Å²) in [4.78, 5) is 12.9. The quantitative estimate of drug-likeness (QED) is 0.180. The van der Waals surface area contributed by atoms with Gasteiger partial charge < -0.3 is 19.8 Å². The number of alkyl halides is 2. The van der Waals surface area contributed by atoms with Gasteiger partial charge in [-0.15, -0.1) is 0 Å². The number of hydrogen-bond acceptors (Lipinski definition) is 6. The van der Waals surface area contributed by atoms with Gasteiger partial charge in [0.05, 0.1) is 17.8 Å². The molecule has 0 radical (unpaired) electrons. The van der Waals surface area contributed by atoms with Crippen LogP contribution < -0.4 is 15.1 Å². The molecule has 208 valence electrons. The van der Waals surface area contributed by atoms with E-state index in [-0.39, 0.29) is 29.5 Å². The second kappa shape index (κ2) is 11.0. The average Bonchev–Trinajstić information content (AvgIpc) is 3.71. The van der Waals surface area contributed by atoms with E-state index in [4.69, 9.17) is 4.42 Å². The zero-order valence-corrected chi connectivity index (χ0v) is 22.0. The van der Waals surface area contributed by atoms with E-state index in [9.17, 15) is 36.4 Å². The summed E-state index contributed by atoms with van der Waals surface area (Å²) >= 11 is 0. The van der Waals surface area contributed by atoms with Crippen LogP contribution in [0.1, 0.15) is 52.2 Å². The number of amides is 1. The first kappa shape index (κ1) is 27.8. The molecule has 0 aliphatic heterocycles. The van der Waals surface area contributed by atoms with Crippen molar-refractivity contribution in [3.05, 3.63) is 82.7 Å². The molecular formula is C27H24BF3N2O6S. The van der Waals surface area contributed by atoms with Gasteiger partial charge in [0.1, 0.15) is 17.2 Å². The zero-order chi connectivity index (χ0) is 28.7. The normalized spacial score (nSPS) is 13.3. The Morgan fingerprint density at radius 1 is 1.12 bits per heavy atom. The molecule has 1 fully saturated rings. The molecule has 0 saturated heterocycles. The fraction of sp³-hybridized carbons (Fsp3) is 0.222. The van der Waals surface area contributed by atoms with Gasteiger partial charge >= 0.3 is 7.12 Å². The molecule has 8 nitrogen and oxygen atoms in total. The predicted octanol–water partition coefficient (Wildman–Crippen LogP) is 3.63. The Bertz CT molecular complexity index is 1660. The van der Waals surface area contributed by atoms with Crippen LogP contribution >= 0.6 is 0 Å². The van der Waals surface area contributed by atoms with Crippen LogP contribution in [0.5, 0.6) is 0 Å². The minimum Gasteiger partial charge on any atom is -0.455 e.